The summed E-state index contributed by atoms with van der Waals surface area (Å²) in [6.45, 7) is -0.0519. The quantitative estimate of drug-likeness (QED) is 0.470. The van der Waals surface area contributed by atoms with Gasteiger partial charge in [0.15, 0.2) is 0 Å². The van der Waals surface area contributed by atoms with Crippen molar-refractivity contribution in [1.29, 1.82) is 0 Å². The largest absolute Gasteiger partial charge is 0.338 e. The first kappa shape index (κ1) is 16.4. The van der Waals surface area contributed by atoms with Crippen LogP contribution in [0.1, 0.15) is 5.56 Å². The van der Waals surface area contributed by atoms with Crippen LogP contribution in [0, 0.1) is 11.7 Å². The van der Waals surface area contributed by atoms with Gasteiger partial charge in [0, 0.05) is 18.6 Å². The van der Waals surface area contributed by atoms with Gasteiger partial charge in [-0.15, -0.1) is 0 Å². The number of carbonyl (C=O) groups excluding carboxylic acids is 3. The molecule has 1 heterocycles. The smallest absolute Gasteiger partial charge is 0.290 e. The first-order valence-corrected chi connectivity index (χ1v) is 6.81. The summed E-state index contributed by atoms with van der Waals surface area (Å²) in [6.07, 6.45) is 0. The highest BCUT2D eigenvalue weighted by molar-refractivity contribution is 6.42. The minimum atomic E-state index is -1.10. The molecule has 0 bridgehead atoms. The summed E-state index contributed by atoms with van der Waals surface area (Å²) in [5.74, 6) is -3.70. The van der Waals surface area contributed by atoms with Gasteiger partial charge in [-0.2, -0.15) is 0 Å². The van der Waals surface area contributed by atoms with Gasteiger partial charge in [-0.25, -0.2) is 9.45 Å². The maximum Gasteiger partial charge on any atom is 0.290 e. The van der Waals surface area contributed by atoms with Crippen LogP contribution in [-0.2, 0) is 25.8 Å². The lowest BCUT2D eigenvalue weighted by Crippen LogP contribution is -2.38. The molecule has 1 unspecified atom stereocenters. The van der Waals surface area contributed by atoms with Crippen molar-refractivity contribution in [3.05, 3.63) is 34.6 Å². The Balaban J connectivity index is 2.16. The third-order valence-electron chi connectivity index (χ3n) is 3.42. The summed E-state index contributed by atoms with van der Waals surface area (Å²) in [7, 11) is 2.71. The second-order valence-corrected chi connectivity index (χ2v) is 5.30. The molecule has 1 aromatic carbocycles. The predicted octanol–water partition coefficient (Wildman–Crippen LogP) is 1.03. The van der Waals surface area contributed by atoms with E-state index in [2.05, 4.69) is 0 Å². The highest BCUT2D eigenvalue weighted by Gasteiger charge is 2.43. The first-order valence-electron chi connectivity index (χ1n) is 6.44. The molecule has 1 aromatic rings. The van der Waals surface area contributed by atoms with Crippen LogP contribution in [0.5, 0.6) is 0 Å². The number of amides is 2. The molecule has 0 radical (unpaired) electrons. The molecule has 118 valence electrons. The Kier molecular flexibility index (Phi) is 4.77. The molecule has 2 rings (SSSR count). The van der Waals surface area contributed by atoms with Gasteiger partial charge in [0.25, 0.3) is 11.8 Å². The second-order valence-electron chi connectivity index (χ2n) is 4.90. The lowest BCUT2D eigenvalue weighted by Gasteiger charge is -2.22. The van der Waals surface area contributed by atoms with Crippen LogP contribution in [0.2, 0.25) is 5.02 Å². The Hall–Kier alpha value is -1.99. The zero-order valence-corrected chi connectivity index (χ0v) is 12.8. The highest BCUT2D eigenvalue weighted by atomic mass is 35.5. The van der Waals surface area contributed by atoms with Crippen molar-refractivity contribution in [3.8, 4) is 0 Å². The van der Waals surface area contributed by atoms with E-state index in [1.165, 1.54) is 31.2 Å². The molecule has 2 amide bonds. The summed E-state index contributed by atoms with van der Waals surface area (Å²) in [6, 6.07) is 3.75. The number of benzene rings is 1. The molecule has 0 saturated carbocycles. The third kappa shape index (κ3) is 3.10. The topological polar surface area (TPSA) is 66.9 Å². The normalized spacial score (nSPS) is 18.0. The van der Waals surface area contributed by atoms with E-state index in [4.69, 9.17) is 16.4 Å². The number of likely N-dealkylation sites (N-methyl/N-ethyl adjacent to an activating group) is 1. The van der Waals surface area contributed by atoms with Crippen molar-refractivity contribution in [2.24, 2.45) is 5.92 Å². The van der Waals surface area contributed by atoms with Crippen molar-refractivity contribution < 1.29 is 23.6 Å². The molecule has 8 heteroatoms. The second kappa shape index (κ2) is 6.41. The maximum absolute atomic E-state index is 13.0. The van der Waals surface area contributed by atoms with E-state index in [-0.39, 0.29) is 18.1 Å². The summed E-state index contributed by atoms with van der Waals surface area (Å²) in [5.41, 5.74) is 0.461. The van der Waals surface area contributed by atoms with E-state index in [1.54, 1.807) is 0 Å². The number of rotatable bonds is 4. The van der Waals surface area contributed by atoms with Gasteiger partial charge in [0.2, 0.25) is 5.78 Å². The van der Waals surface area contributed by atoms with Crippen LogP contribution >= 0.6 is 11.6 Å². The zero-order chi connectivity index (χ0) is 16.4. The molecule has 1 aliphatic heterocycles. The molecular weight excluding hydrogens is 315 g/mol. The van der Waals surface area contributed by atoms with Gasteiger partial charge in [-0.3, -0.25) is 19.2 Å². The van der Waals surface area contributed by atoms with Crippen molar-refractivity contribution >= 4 is 29.2 Å². The minimum Gasteiger partial charge on any atom is -0.338 e. The standard InChI is InChI=1S/C14H14ClFN2O4/c1-17-7-10(12(19)14(17)21)13(20)18(22-2)6-8-3-4-9(16)5-11(8)15/h3-5,10H,6-7H2,1-2H3. The fraction of sp³-hybridized carbons (Fsp3) is 0.357. The molecule has 6 nitrogen and oxygen atoms in total. The Morgan fingerprint density at radius 2 is 2.18 bits per heavy atom. The Labute approximate surface area is 131 Å². The molecule has 1 fully saturated rings. The highest BCUT2D eigenvalue weighted by Crippen LogP contribution is 2.21. The molecule has 1 saturated heterocycles. The van der Waals surface area contributed by atoms with Crippen LogP contribution in [0.3, 0.4) is 0 Å². The molecular formula is C14H14ClFN2O4. The van der Waals surface area contributed by atoms with Gasteiger partial charge in [0.1, 0.15) is 11.7 Å². The van der Waals surface area contributed by atoms with Crippen molar-refractivity contribution in [2.75, 3.05) is 20.7 Å². The fourth-order valence-electron chi connectivity index (χ4n) is 2.18. The number of likely N-dealkylation sites (tertiary alicyclic amines) is 1. The zero-order valence-electron chi connectivity index (χ0n) is 12.0. The summed E-state index contributed by atoms with van der Waals surface area (Å²) in [4.78, 5) is 41.8. The molecule has 1 aliphatic rings. The van der Waals surface area contributed by atoms with Crippen molar-refractivity contribution in [1.82, 2.24) is 9.96 Å². The predicted molar refractivity (Wildman–Crippen MR) is 75.1 cm³/mol. The number of halogens is 2. The lowest BCUT2D eigenvalue weighted by atomic mass is 10.1. The van der Waals surface area contributed by atoms with Crippen LogP contribution in [0.25, 0.3) is 0 Å². The number of carbonyl (C=O) groups is 3. The fourth-order valence-corrected chi connectivity index (χ4v) is 2.40. The van der Waals surface area contributed by atoms with Gasteiger partial charge < -0.3 is 4.90 Å². The van der Waals surface area contributed by atoms with Crippen molar-refractivity contribution in [2.45, 2.75) is 6.54 Å². The molecule has 1 atom stereocenters. The number of nitrogens with zero attached hydrogens (tertiary/aromatic N) is 2. The van der Waals surface area contributed by atoms with Crippen LogP contribution < -0.4 is 0 Å². The number of hydroxylamine groups is 2. The number of hydrogen-bond donors (Lipinski definition) is 0. The third-order valence-corrected chi connectivity index (χ3v) is 3.78. The summed E-state index contributed by atoms with van der Waals surface area (Å²) >= 11 is 5.91. The molecule has 0 aromatic heterocycles. The average Bonchev–Trinajstić information content (AvgIpc) is 2.73. The van der Waals surface area contributed by atoms with E-state index in [9.17, 15) is 18.8 Å². The average molecular weight is 329 g/mol. The Bertz CT molecular complexity index is 637. The van der Waals surface area contributed by atoms with E-state index in [0.717, 1.165) is 11.1 Å². The van der Waals surface area contributed by atoms with Gasteiger partial charge in [0.05, 0.1) is 13.7 Å². The number of Topliss-reactive ketones (excluding diaryl/α,β-unsaturated/α-hetero) is 1. The van der Waals surface area contributed by atoms with Crippen LogP contribution in [-0.4, -0.2) is 48.3 Å². The minimum absolute atomic E-state index is 0.00745. The summed E-state index contributed by atoms with van der Waals surface area (Å²) < 4.78 is 13.0. The van der Waals surface area contributed by atoms with Gasteiger partial charge in [-0.1, -0.05) is 17.7 Å². The van der Waals surface area contributed by atoms with Crippen molar-refractivity contribution in [3.63, 3.8) is 0 Å². The maximum atomic E-state index is 13.0. The molecule has 22 heavy (non-hydrogen) atoms. The van der Waals surface area contributed by atoms with E-state index >= 15 is 0 Å². The number of ketones is 1. The molecule has 0 aliphatic carbocycles. The SMILES string of the molecule is CON(Cc1ccc(F)cc1Cl)C(=O)C1CN(C)C(=O)C1=O. The van der Waals surface area contributed by atoms with Gasteiger partial charge >= 0.3 is 0 Å². The van der Waals surface area contributed by atoms with E-state index in [1.807, 2.05) is 0 Å². The number of hydrogen-bond acceptors (Lipinski definition) is 4. The van der Waals surface area contributed by atoms with E-state index < -0.39 is 29.3 Å². The lowest BCUT2D eigenvalue weighted by molar-refractivity contribution is -0.183. The monoisotopic (exact) mass is 328 g/mol. The Morgan fingerprint density at radius 1 is 1.50 bits per heavy atom. The first-order chi connectivity index (χ1) is 10.3. The van der Waals surface area contributed by atoms with Crippen LogP contribution in [0.4, 0.5) is 4.39 Å². The molecule has 0 spiro atoms. The summed E-state index contributed by atoms with van der Waals surface area (Å²) in [5, 5.41) is 1.08. The van der Waals surface area contributed by atoms with Crippen LogP contribution in [0.15, 0.2) is 18.2 Å². The molecule has 0 N–H and O–H groups in total. The van der Waals surface area contributed by atoms with E-state index in [0.29, 0.717) is 5.56 Å². The van der Waals surface area contributed by atoms with Gasteiger partial charge in [-0.05, 0) is 17.7 Å². The Morgan fingerprint density at radius 3 is 2.68 bits per heavy atom.